The molecule has 1 aliphatic heterocycles. The Hall–Kier alpha value is -8.42. The molecule has 0 saturated heterocycles. The van der Waals surface area contributed by atoms with Gasteiger partial charge in [0.2, 0.25) is 0 Å². The average molecular weight is 841 g/mol. The van der Waals surface area contributed by atoms with Gasteiger partial charge in [0.25, 0.3) is 0 Å². The fourth-order valence-electron chi connectivity index (χ4n) is 8.29. The van der Waals surface area contributed by atoms with Crippen LogP contribution in [0.4, 0.5) is 0 Å². The van der Waals surface area contributed by atoms with Gasteiger partial charge in [-0.2, -0.15) is 0 Å². The van der Waals surface area contributed by atoms with Crippen molar-refractivity contribution >= 4 is 18.4 Å². The number of hydrogen-bond acceptors (Lipinski definition) is 5. The molecule has 0 aliphatic carbocycles. The highest BCUT2D eigenvalue weighted by Crippen LogP contribution is 2.48. The lowest BCUT2D eigenvalue weighted by molar-refractivity contribution is 0.417. The van der Waals surface area contributed by atoms with Crippen LogP contribution >= 0.6 is 0 Å². The van der Waals surface area contributed by atoms with Crippen molar-refractivity contribution in [3.8, 4) is 67.9 Å². The second-order valence-corrected chi connectivity index (χ2v) is 16.4. The highest BCUT2D eigenvalue weighted by atomic mass is 16.5. The zero-order valence-electron chi connectivity index (χ0n) is 36.1. The Kier molecular flexibility index (Phi) is 11.1. The molecule has 312 valence electrons. The van der Waals surface area contributed by atoms with Crippen LogP contribution in [-0.4, -0.2) is 33.3 Å². The Morgan fingerprint density at radius 2 is 0.954 bits per heavy atom. The summed E-state index contributed by atoms with van der Waals surface area (Å²) >= 11 is 0. The van der Waals surface area contributed by atoms with E-state index in [2.05, 4.69) is 123 Å². The molecule has 0 N–H and O–H groups in total. The van der Waals surface area contributed by atoms with Crippen LogP contribution in [0.1, 0.15) is 41.7 Å². The van der Waals surface area contributed by atoms with E-state index in [1.54, 1.807) is 0 Å². The lowest BCUT2D eigenvalue weighted by Gasteiger charge is -2.34. The fourth-order valence-corrected chi connectivity index (χ4v) is 8.29. The lowest BCUT2D eigenvalue weighted by atomic mass is 9.75. The van der Waals surface area contributed by atoms with Gasteiger partial charge in [-0.1, -0.05) is 190 Å². The molecule has 2 heterocycles. The zero-order chi connectivity index (χ0) is 44.2. The zero-order valence-corrected chi connectivity index (χ0v) is 36.1. The molecule has 1 aromatic heterocycles. The van der Waals surface area contributed by atoms with Gasteiger partial charge in [-0.15, -0.1) is 0 Å². The SMILES string of the molecule is C=N/C(=N\C(=N/Cc1ccc2c(c1)C(C)(C)c1ccccc1O2)c1cccc(-c2ccc(-c3cccc(-c4nc(-c5ccccc5)nc(-c5ccccc5)n4)c3)cc2)c1)c1ccccc1. The van der Waals surface area contributed by atoms with Gasteiger partial charge in [-0.25, -0.2) is 24.9 Å². The molecule has 9 aromatic rings. The van der Waals surface area contributed by atoms with E-state index in [4.69, 9.17) is 29.7 Å². The third kappa shape index (κ3) is 8.55. The highest BCUT2D eigenvalue weighted by molar-refractivity contribution is 6.13. The van der Waals surface area contributed by atoms with Gasteiger partial charge >= 0.3 is 0 Å². The molecule has 0 radical (unpaired) electrons. The molecule has 0 bridgehead atoms. The normalized spacial score (nSPS) is 13.0. The third-order valence-electron chi connectivity index (χ3n) is 11.8. The van der Waals surface area contributed by atoms with E-state index in [0.29, 0.717) is 35.7 Å². The average Bonchev–Trinajstić information content (AvgIpc) is 3.37. The molecule has 65 heavy (non-hydrogen) atoms. The number of fused-ring (bicyclic) bond motifs is 2. The summed E-state index contributed by atoms with van der Waals surface area (Å²) in [6.07, 6.45) is 0. The highest BCUT2D eigenvalue weighted by Gasteiger charge is 2.34. The van der Waals surface area contributed by atoms with Gasteiger partial charge in [0.15, 0.2) is 29.1 Å². The van der Waals surface area contributed by atoms with Crippen LogP contribution in [0.5, 0.6) is 11.5 Å². The number of nitrogens with zero attached hydrogens (tertiary/aromatic N) is 6. The molecular formula is C58H44N6O. The fraction of sp³-hybridized carbons (Fsp3) is 0.0690. The van der Waals surface area contributed by atoms with Gasteiger partial charge in [0, 0.05) is 44.4 Å². The van der Waals surface area contributed by atoms with E-state index < -0.39 is 0 Å². The van der Waals surface area contributed by atoms with Crippen LogP contribution in [-0.2, 0) is 12.0 Å². The number of amidine groups is 2. The van der Waals surface area contributed by atoms with Crippen molar-refractivity contribution in [3.05, 3.63) is 234 Å². The summed E-state index contributed by atoms with van der Waals surface area (Å²) in [7, 11) is 0. The van der Waals surface area contributed by atoms with Gasteiger partial charge in [-0.05, 0) is 64.9 Å². The van der Waals surface area contributed by atoms with Gasteiger partial charge in [0.1, 0.15) is 11.5 Å². The Morgan fingerprint density at radius 1 is 0.446 bits per heavy atom. The third-order valence-corrected chi connectivity index (χ3v) is 11.8. The van der Waals surface area contributed by atoms with Crippen molar-refractivity contribution in [1.82, 2.24) is 15.0 Å². The smallest absolute Gasteiger partial charge is 0.164 e. The summed E-state index contributed by atoms with van der Waals surface area (Å²) in [5.74, 6) is 4.71. The standard InChI is InChI=1S/C58H44N6O/c1-58(2)49-27-13-14-28-51(49)65-52-34-29-39(35-50(52)58)38-60-54(61-53(59-3)42-17-7-4-8-18-42)47-25-15-23-45(36-47)40-30-32-41(33-31-40)46-24-16-26-48(37-46)57-63-55(43-19-9-5-10-20-43)62-56(64-57)44-21-11-6-12-22-44/h4-37H,3,38H2,1-2H3/b60-54-,61-53-. The predicted octanol–water partition coefficient (Wildman–Crippen LogP) is 13.7. The summed E-state index contributed by atoms with van der Waals surface area (Å²) in [5.41, 5.74) is 11.9. The number of benzene rings is 8. The molecule has 7 heteroatoms. The number of hydrogen-bond donors (Lipinski definition) is 0. The maximum Gasteiger partial charge on any atom is 0.164 e. The first-order valence-electron chi connectivity index (χ1n) is 21.6. The largest absolute Gasteiger partial charge is 0.457 e. The number of aliphatic imine (C=N–C) groups is 3. The molecule has 7 nitrogen and oxygen atoms in total. The number of aromatic nitrogens is 3. The number of ether oxygens (including phenoxy) is 1. The molecular weight excluding hydrogens is 797 g/mol. The van der Waals surface area contributed by atoms with Crippen LogP contribution in [0.25, 0.3) is 56.4 Å². The Morgan fingerprint density at radius 3 is 1.60 bits per heavy atom. The lowest BCUT2D eigenvalue weighted by Crippen LogP contribution is -2.24. The van der Waals surface area contributed by atoms with E-state index in [1.165, 1.54) is 0 Å². The van der Waals surface area contributed by atoms with Gasteiger partial charge in [-0.3, -0.25) is 4.99 Å². The maximum atomic E-state index is 6.34. The first-order valence-corrected chi connectivity index (χ1v) is 21.6. The number of para-hydroxylation sites is 1. The second kappa shape index (κ2) is 17.8. The van der Waals surface area contributed by atoms with Crippen molar-refractivity contribution in [2.75, 3.05) is 0 Å². The molecule has 0 amide bonds. The Balaban J connectivity index is 0.960. The minimum absolute atomic E-state index is 0.238. The van der Waals surface area contributed by atoms with Gasteiger partial charge < -0.3 is 4.74 Å². The molecule has 0 atom stereocenters. The Labute approximate surface area is 379 Å². The quantitative estimate of drug-likeness (QED) is 0.107. The van der Waals surface area contributed by atoms with E-state index >= 15 is 0 Å². The van der Waals surface area contributed by atoms with Gasteiger partial charge in [0.05, 0.1) is 6.54 Å². The summed E-state index contributed by atoms with van der Waals surface area (Å²) in [4.78, 5) is 29.4. The number of rotatable bonds is 9. The first kappa shape index (κ1) is 40.6. The van der Waals surface area contributed by atoms with Crippen LogP contribution in [0.15, 0.2) is 221 Å². The molecule has 0 fully saturated rings. The van der Waals surface area contributed by atoms with E-state index in [0.717, 1.165) is 78.3 Å². The van der Waals surface area contributed by atoms with Crippen LogP contribution in [0.3, 0.4) is 0 Å². The van der Waals surface area contributed by atoms with Crippen LogP contribution in [0, 0.1) is 0 Å². The summed E-state index contributed by atoms with van der Waals surface area (Å²) in [6, 6.07) is 69.9. The molecule has 0 unspecified atom stereocenters. The minimum Gasteiger partial charge on any atom is -0.457 e. The van der Waals surface area contributed by atoms with E-state index in [1.807, 2.05) is 109 Å². The van der Waals surface area contributed by atoms with Crippen LogP contribution in [0.2, 0.25) is 0 Å². The van der Waals surface area contributed by atoms with Crippen molar-refractivity contribution in [1.29, 1.82) is 0 Å². The van der Waals surface area contributed by atoms with Crippen LogP contribution < -0.4 is 4.74 Å². The summed E-state index contributed by atoms with van der Waals surface area (Å²) < 4.78 is 6.34. The molecule has 1 aliphatic rings. The van der Waals surface area contributed by atoms with Crippen molar-refractivity contribution < 1.29 is 4.74 Å². The first-order chi connectivity index (χ1) is 31.9. The van der Waals surface area contributed by atoms with E-state index in [9.17, 15) is 0 Å². The molecule has 0 spiro atoms. The van der Waals surface area contributed by atoms with Crippen molar-refractivity contribution in [2.24, 2.45) is 15.0 Å². The van der Waals surface area contributed by atoms with Crippen molar-refractivity contribution in [2.45, 2.75) is 25.8 Å². The predicted molar refractivity (Wildman–Crippen MR) is 265 cm³/mol. The van der Waals surface area contributed by atoms with Crippen molar-refractivity contribution in [3.63, 3.8) is 0 Å². The minimum atomic E-state index is -0.238. The topological polar surface area (TPSA) is 85.0 Å². The molecule has 10 rings (SSSR count). The summed E-state index contributed by atoms with van der Waals surface area (Å²) in [5, 5.41) is 0. The maximum absolute atomic E-state index is 6.34. The molecule has 8 aromatic carbocycles. The second-order valence-electron chi connectivity index (χ2n) is 16.4. The summed E-state index contributed by atoms with van der Waals surface area (Å²) in [6.45, 7) is 8.78. The van der Waals surface area contributed by atoms with E-state index in [-0.39, 0.29) is 5.41 Å². The Bertz CT molecular complexity index is 3180. The monoisotopic (exact) mass is 840 g/mol. The molecule has 0 saturated carbocycles.